The van der Waals surface area contributed by atoms with Crippen LogP contribution in [-0.2, 0) is 4.79 Å². The summed E-state index contributed by atoms with van der Waals surface area (Å²) in [5, 5.41) is 6.33. The number of nitrogens with one attached hydrogen (secondary N) is 2. The number of carbonyl (C=O) groups excluding carboxylic acids is 1. The standard InChI is InChI=1S/C16H26N4O/c1-16(2,3)19-15(21)12-18-13-7-10-20(11-8-13)14-6-4-5-9-17-14/h4-6,9,13,18H,7-8,10-12H2,1-3H3,(H,19,21). The highest BCUT2D eigenvalue weighted by molar-refractivity contribution is 5.78. The van der Waals surface area contributed by atoms with Crippen molar-refractivity contribution in [2.75, 3.05) is 24.5 Å². The summed E-state index contributed by atoms with van der Waals surface area (Å²) in [5.74, 6) is 1.11. The summed E-state index contributed by atoms with van der Waals surface area (Å²) in [6.45, 7) is 8.35. The molecular formula is C16H26N4O. The number of anilines is 1. The highest BCUT2D eigenvalue weighted by Crippen LogP contribution is 2.17. The number of hydrogen-bond acceptors (Lipinski definition) is 4. The van der Waals surface area contributed by atoms with E-state index in [9.17, 15) is 4.79 Å². The molecule has 0 radical (unpaired) electrons. The summed E-state index contributed by atoms with van der Waals surface area (Å²) >= 11 is 0. The predicted molar refractivity (Wildman–Crippen MR) is 85.4 cm³/mol. The fourth-order valence-electron chi connectivity index (χ4n) is 2.55. The molecule has 1 amide bonds. The molecule has 1 fully saturated rings. The number of pyridine rings is 1. The number of nitrogens with zero attached hydrogens (tertiary/aromatic N) is 2. The van der Waals surface area contributed by atoms with Crippen LogP contribution in [0.3, 0.4) is 0 Å². The SMILES string of the molecule is CC(C)(C)NC(=O)CNC1CCN(c2ccccn2)CC1. The zero-order valence-electron chi connectivity index (χ0n) is 13.2. The van der Waals surface area contributed by atoms with Gasteiger partial charge in [-0.1, -0.05) is 6.07 Å². The highest BCUT2D eigenvalue weighted by atomic mass is 16.2. The van der Waals surface area contributed by atoms with Crippen LogP contribution in [0.1, 0.15) is 33.6 Å². The summed E-state index contributed by atoms with van der Waals surface area (Å²) in [7, 11) is 0. The maximum Gasteiger partial charge on any atom is 0.234 e. The van der Waals surface area contributed by atoms with Gasteiger partial charge in [-0.3, -0.25) is 4.79 Å². The lowest BCUT2D eigenvalue weighted by atomic mass is 10.0. The van der Waals surface area contributed by atoms with Crippen molar-refractivity contribution in [2.24, 2.45) is 0 Å². The lowest BCUT2D eigenvalue weighted by Gasteiger charge is -2.33. The van der Waals surface area contributed by atoms with Crippen molar-refractivity contribution in [2.45, 2.75) is 45.2 Å². The van der Waals surface area contributed by atoms with Crippen molar-refractivity contribution in [3.63, 3.8) is 0 Å². The largest absolute Gasteiger partial charge is 0.357 e. The molecule has 0 unspecified atom stereocenters. The monoisotopic (exact) mass is 290 g/mol. The third kappa shape index (κ3) is 5.34. The van der Waals surface area contributed by atoms with E-state index in [2.05, 4.69) is 20.5 Å². The van der Waals surface area contributed by atoms with E-state index >= 15 is 0 Å². The van der Waals surface area contributed by atoms with Crippen LogP contribution in [0.15, 0.2) is 24.4 Å². The van der Waals surface area contributed by atoms with Gasteiger partial charge in [0.2, 0.25) is 5.91 Å². The zero-order valence-corrected chi connectivity index (χ0v) is 13.2. The zero-order chi connectivity index (χ0) is 15.3. The Morgan fingerprint density at radius 1 is 1.33 bits per heavy atom. The number of rotatable bonds is 4. The van der Waals surface area contributed by atoms with Crippen molar-refractivity contribution < 1.29 is 4.79 Å². The van der Waals surface area contributed by atoms with Crippen molar-refractivity contribution >= 4 is 11.7 Å². The van der Waals surface area contributed by atoms with E-state index in [1.54, 1.807) is 0 Å². The molecule has 21 heavy (non-hydrogen) atoms. The third-order valence-electron chi connectivity index (χ3n) is 3.53. The molecule has 2 N–H and O–H groups in total. The number of carbonyl (C=O) groups is 1. The van der Waals surface area contributed by atoms with Crippen molar-refractivity contribution in [3.8, 4) is 0 Å². The number of aromatic nitrogens is 1. The Hall–Kier alpha value is -1.62. The van der Waals surface area contributed by atoms with Gasteiger partial charge in [0.15, 0.2) is 0 Å². The Kier molecular flexibility index (Phi) is 5.17. The summed E-state index contributed by atoms with van der Waals surface area (Å²) in [6, 6.07) is 6.41. The van der Waals surface area contributed by atoms with E-state index in [-0.39, 0.29) is 11.4 Å². The van der Waals surface area contributed by atoms with Gasteiger partial charge in [0, 0.05) is 30.9 Å². The minimum absolute atomic E-state index is 0.0645. The average Bonchev–Trinajstić information content (AvgIpc) is 2.45. The third-order valence-corrected chi connectivity index (χ3v) is 3.53. The van der Waals surface area contributed by atoms with Gasteiger partial charge in [-0.05, 0) is 45.7 Å². The predicted octanol–water partition coefficient (Wildman–Crippen LogP) is 1.55. The number of amides is 1. The summed E-state index contributed by atoms with van der Waals surface area (Å²) in [4.78, 5) is 18.5. The quantitative estimate of drug-likeness (QED) is 0.883. The smallest absolute Gasteiger partial charge is 0.234 e. The Labute approximate surface area is 127 Å². The van der Waals surface area contributed by atoms with Gasteiger partial charge in [0.05, 0.1) is 6.54 Å². The molecule has 5 nitrogen and oxygen atoms in total. The normalized spacial score (nSPS) is 16.8. The van der Waals surface area contributed by atoms with Crippen molar-refractivity contribution in [3.05, 3.63) is 24.4 Å². The average molecular weight is 290 g/mol. The second kappa shape index (κ2) is 6.89. The molecule has 2 rings (SSSR count). The molecular weight excluding hydrogens is 264 g/mol. The van der Waals surface area contributed by atoms with Crippen LogP contribution in [0.4, 0.5) is 5.82 Å². The molecule has 0 aromatic carbocycles. The van der Waals surface area contributed by atoms with Gasteiger partial charge in [-0.2, -0.15) is 0 Å². The first-order valence-corrected chi connectivity index (χ1v) is 7.64. The molecule has 0 atom stereocenters. The van der Waals surface area contributed by atoms with Gasteiger partial charge in [0.1, 0.15) is 5.82 Å². The first-order chi connectivity index (χ1) is 9.94. The molecule has 0 saturated carbocycles. The molecule has 0 aliphatic carbocycles. The van der Waals surface area contributed by atoms with Crippen LogP contribution < -0.4 is 15.5 Å². The Balaban J connectivity index is 1.71. The van der Waals surface area contributed by atoms with Gasteiger partial charge in [-0.15, -0.1) is 0 Å². The van der Waals surface area contributed by atoms with E-state index in [0.29, 0.717) is 12.6 Å². The van der Waals surface area contributed by atoms with Crippen LogP contribution in [0.2, 0.25) is 0 Å². The van der Waals surface area contributed by atoms with E-state index in [1.165, 1.54) is 0 Å². The molecule has 1 aromatic rings. The second-order valence-corrected chi connectivity index (χ2v) is 6.63. The maximum atomic E-state index is 11.8. The molecule has 2 heterocycles. The van der Waals surface area contributed by atoms with E-state index in [4.69, 9.17) is 0 Å². The van der Waals surface area contributed by atoms with Crippen LogP contribution in [-0.4, -0.2) is 42.1 Å². The molecule has 0 spiro atoms. The molecule has 1 aliphatic heterocycles. The molecule has 5 heteroatoms. The van der Waals surface area contributed by atoms with Crippen molar-refractivity contribution in [1.82, 2.24) is 15.6 Å². The molecule has 0 bridgehead atoms. The van der Waals surface area contributed by atoms with Crippen LogP contribution in [0, 0.1) is 0 Å². The highest BCUT2D eigenvalue weighted by Gasteiger charge is 2.21. The number of piperidine rings is 1. The first kappa shape index (κ1) is 15.8. The molecule has 1 aliphatic rings. The fraction of sp³-hybridized carbons (Fsp3) is 0.625. The summed E-state index contributed by atoms with van der Waals surface area (Å²) < 4.78 is 0. The molecule has 1 saturated heterocycles. The topological polar surface area (TPSA) is 57.3 Å². The van der Waals surface area contributed by atoms with Crippen LogP contribution in [0.25, 0.3) is 0 Å². The van der Waals surface area contributed by atoms with Gasteiger partial charge in [-0.25, -0.2) is 4.98 Å². The van der Waals surface area contributed by atoms with Crippen molar-refractivity contribution in [1.29, 1.82) is 0 Å². The first-order valence-electron chi connectivity index (χ1n) is 7.64. The fourth-order valence-corrected chi connectivity index (χ4v) is 2.55. The Morgan fingerprint density at radius 3 is 2.62 bits per heavy atom. The van der Waals surface area contributed by atoms with E-state index < -0.39 is 0 Å². The van der Waals surface area contributed by atoms with Gasteiger partial charge in [0.25, 0.3) is 0 Å². The minimum Gasteiger partial charge on any atom is -0.357 e. The van der Waals surface area contributed by atoms with Crippen LogP contribution in [0.5, 0.6) is 0 Å². The van der Waals surface area contributed by atoms with Crippen LogP contribution >= 0.6 is 0 Å². The second-order valence-electron chi connectivity index (χ2n) is 6.63. The Bertz CT molecular complexity index is 447. The summed E-state index contributed by atoms with van der Waals surface area (Å²) in [6.07, 6.45) is 3.91. The van der Waals surface area contributed by atoms with E-state index in [1.807, 2.05) is 45.2 Å². The Morgan fingerprint density at radius 2 is 2.05 bits per heavy atom. The van der Waals surface area contributed by atoms with E-state index in [0.717, 1.165) is 31.7 Å². The maximum absolute atomic E-state index is 11.8. The number of hydrogen-bond donors (Lipinski definition) is 2. The molecule has 116 valence electrons. The lowest BCUT2D eigenvalue weighted by molar-refractivity contribution is -0.121. The summed E-state index contributed by atoms with van der Waals surface area (Å²) in [5.41, 5.74) is -0.166. The minimum atomic E-state index is -0.166. The lowest BCUT2D eigenvalue weighted by Crippen LogP contribution is -2.49. The van der Waals surface area contributed by atoms with Gasteiger partial charge < -0.3 is 15.5 Å². The molecule has 1 aromatic heterocycles. The van der Waals surface area contributed by atoms with Gasteiger partial charge >= 0.3 is 0 Å².